The Labute approximate surface area is 313 Å². The number of nitrogens with zero attached hydrogens (tertiary/aromatic N) is 2. The molecule has 0 aliphatic heterocycles. The minimum Gasteiger partial charge on any atom is -0.360 e. The van der Waals surface area contributed by atoms with E-state index in [-0.39, 0.29) is 61.0 Å². The first kappa shape index (κ1) is 44.1. The number of aromatic nitrogens is 1. The molecular weight excluding hydrogens is 717 g/mol. The zero-order valence-electron chi connectivity index (χ0n) is 30.2. The highest BCUT2D eigenvalue weighted by Gasteiger charge is 2.33. The maximum Gasteiger partial charge on any atom is 0.217 e. The summed E-state index contributed by atoms with van der Waals surface area (Å²) in [6.07, 6.45) is 5.08. The molecule has 5 N–H and O–H groups in total. The first-order valence-electron chi connectivity index (χ1n) is 16.3. The fourth-order valence-electron chi connectivity index (χ4n) is 4.72. The molecule has 0 radical (unpaired) electrons. The van der Waals surface area contributed by atoms with E-state index in [0.717, 1.165) is 25.7 Å². The van der Waals surface area contributed by atoms with Gasteiger partial charge in [0.1, 0.15) is 5.78 Å². The van der Waals surface area contributed by atoms with E-state index in [0.29, 0.717) is 49.5 Å². The van der Waals surface area contributed by atoms with Crippen LogP contribution in [0.3, 0.4) is 0 Å². The van der Waals surface area contributed by atoms with E-state index in [9.17, 15) is 24.0 Å². The number of nitrogens with one attached hydrogen (secondary N) is 2. The van der Waals surface area contributed by atoms with E-state index in [1.165, 1.54) is 20.0 Å². The van der Waals surface area contributed by atoms with E-state index in [2.05, 4.69) is 21.7 Å². The first-order valence-corrected chi connectivity index (χ1v) is 17.1. The molecule has 14 nitrogen and oxygen atoms in total. The molecule has 2 amide bonds. The van der Waals surface area contributed by atoms with Crippen molar-refractivity contribution in [2.75, 3.05) is 28.3 Å². The number of ketones is 3. The highest BCUT2D eigenvalue weighted by Crippen LogP contribution is 2.42. The number of hydrogen-bond acceptors (Lipinski definition) is 12. The SMILES string of the molecule is CC(=O)NCc1cc(C(=O)CC(=O)C2CC2)ccc1Cl.CC(=O)NCc1cc(C(=O)c2cnoc2C2CC2)ccc1Cl.COC(OC)N(C)C.NO. The molecule has 2 saturated carbocycles. The third kappa shape index (κ3) is 14.5. The lowest BCUT2D eigenvalue weighted by Gasteiger charge is -2.19. The quantitative estimate of drug-likeness (QED) is 0.0737. The van der Waals surface area contributed by atoms with Gasteiger partial charge in [-0.3, -0.25) is 28.9 Å². The molecule has 1 heterocycles. The summed E-state index contributed by atoms with van der Waals surface area (Å²) in [6.45, 7) is 3.40. The fourth-order valence-corrected chi connectivity index (χ4v) is 5.09. The summed E-state index contributed by atoms with van der Waals surface area (Å²) >= 11 is 12.1. The molecule has 2 aliphatic rings. The molecular formula is C36H47Cl2N5O9. The molecule has 284 valence electrons. The van der Waals surface area contributed by atoms with Gasteiger partial charge in [0.15, 0.2) is 17.3 Å². The summed E-state index contributed by atoms with van der Waals surface area (Å²) in [5.74, 6) is 3.95. The topological polar surface area (TPSA) is 203 Å². The smallest absolute Gasteiger partial charge is 0.217 e. The van der Waals surface area contributed by atoms with Gasteiger partial charge >= 0.3 is 0 Å². The van der Waals surface area contributed by atoms with Gasteiger partial charge in [0.2, 0.25) is 18.2 Å². The number of amides is 2. The largest absolute Gasteiger partial charge is 0.360 e. The van der Waals surface area contributed by atoms with Gasteiger partial charge in [0.05, 0.1) is 18.2 Å². The Kier molecular flexibility index (Phi) is 18.8. The first-order chi connectivity index (χ1) is 24.7. The van der Waals surface area contributed by atoms with Crippen LogP contribution >= 0.6 is 23.2 Å². The van der Waals surface area contributed by atoms with Gasteiger partial charge in [-0.05, 0) is 87.3 Å². The second-order valence-electron chi connectivity index (χ2n) is 12.2. The molecule has 2 aromatic carbocycles. The van der Waals surface area contributed by atoms with Crippen LogP contribution in [0.2, 0.25) is 10.0 Å². The van der Waals surface area contributed by atoms with Crippen molar-refractivity contribution in [3.63, 3.8) is 0 Å². The van der Waals surface area contributed by atoms with Crippen molar-refractivity contribution in [3.05, 3.63) is 86.2 Å². The predicted octanol–water partition coefficient (Wildman–Crippen LogP) is 5.06. The molecule has 52 heavy (non-hydrogen) atoms. The summed E-state index contributed by atoms with van der Waals surface area (Å²) in [6, 6.07) is 9.91. The summed E-state index contributed by atoms with van der Waals surface area (Å²) in [7, 11) is 6.98. The summed E-state index contributed by atoms with van der Waals surface area (Å²) < 4.78 is 14.9. The Balaban J connectivity index is 0.000000289. The number of carbonyl (C=O) groups excluding carboxylic acids is 5. The Morgan fingerprint density at radius 1 is 0.885 bits per heavy atom. The lowest BCUT2D eigenvalue weighted by molar-refractivity contribution is -0.179. The van der Waals surface area contributed by atoms with Gasteiger partial charge in [-0.25, -0.2) is 5.90 Å². The monoisotopic (exact) mass is 763 g/mol. The summed E-state index contributed by atoms with van der Waals surface area (Å²) in [5, 5.41) is 16.6. The van der Waals surface area contributed by atoms with Crippen molar-refractivity contribution in [3.8, 4) is 0 Å². The normalized spacial score (nSPS) is 13.1. The Hall–Kier alpha value is -4.02. The lowest BCUT2D eigenvalue weighted by Crippen LogP contribution is -2.30. The third-order valence-corrected chi connectivity index (χ3v) is 8.45. The number of benzene rings is 2. The molecule has 2 aliphatic carbocycles. The Morgan fingerprint density at radius 3 is 1.81 bits per heavy atom. The number of rotatable bonds is 14. The van der Waals surface area contributed by atoms with Crippen molar-refractivity contribution in [1.82, 2.24) is 20.7 Å². The fraction of sp³-hybridized carbons (Fsp3) is 0.444. The van der Waals surface area contributed by atoms with Crippen LogP contribution in [0, 0.1) is 5.92 Å². The highest BCUT2D eigenvalue weighted by atomic mass is 35.5. The van der Waals surface area contributed by atoms with Crippen LogP contribution in [-0.2, 0) is 36.9 Å². The van der Waals surface area contributed by atoms with Gasteiger partial charge in [0.25, 0.3) is 0 Å². The minimum absolute atomic E-state index is 0.0216. The second kappa shape index (κ2) is 22.1. The second-order valence-corrected chi connectivity index (χ2v) is 13.0. The Morgan fingerprint density at radius 2 is 1.38 bits per heavy atom. The van der Waals surface area contributed by atoms with Gasteiger partial charge in [-0.2, -0.15) is 0 Å². The van der Waals surface area contributed by atoms with Gasteiger partial charge < -0.3 is 29.8 Å². The molecule has 5 rings (SSSR count). The molecule has 0 bridgehead atoms. The zero-order valence-corrected chi connectivity index (χ0v) is 31.7. The maximum atomic E-state index is 12.6. The van der Waals surface area contributed by atoms with Crippen LogP contribution in [0.15, 0.2) is 47.1 Å². The zero-order chi connectivity index (χ0) is 39.0. The van der Waals surface area contributed by atoms with Crippen molar-refractivity contribution in [1.29, 1.82) is 0 Å². The number of halogens is 2. The number of Topliss-reactive ketones (excluding diaryl/α,β-unsaturated/α-hetero) is 2. The Bertz CT molecular complexity index is 1670. The standard InChI is InChI=1S/C16H15ClN2O3.C15H16ClNO3.C5H13NO2.H3NO/c1-9(20)18-7-12-6-11(4-5-14(12)17)15(21)13-8-19-22-16(13)10-2-3-10;1-9(18)17-8-12-6-11(4-5-13(12)16)15(20)7-14(19)10-2-3-10;1-6(2)5(7-3)8-4;1-2/h4-6,8,10H,2-3,7H2,1H3,(H,18,20);4-6,10H,2-3,7-8H2,1H3,(H,17,18);5H,1-4H3;2H,1H2. The average molecular weight is 765 g/mol. The number of ether oxygens (including phenoxy) is 2. The van der Waals surface area contributed by atoms with Crippen LogP contribution < -0.4 is 16.5 Å². The van der Waals surface area contributed by atoms with E-state index >= 15 is 0 Å². The molecule has 3 aromatic rings. The van der Waals surface area contributed by atoms with Crippen LogP contribution in [0.5, 0.6) is 0 Å². The average Bonchev–Trinajstić information content (AvgIpc) is 4.07. The molecule has 0 spiro atoms. The maximum absolute atomic E-state index is 12.6. The van der Waals surface area contributed by atoms with Crippen LogP contribution in [0.25, 0.3) is 0 Å². The van der Waals surface area contributed by atoms with Gasteiger partial charge in [-0.1, -0.05) is 28.4 Å². The molecule has 0 unspecified atom stereocenters. The van der Waals surface area contributed by atoms with Crippen molar-refractivity contribution in [2.45, 2.75) is 71.4 Å². The number of nitrogens with two attached hydrogens (primary N) is 1. The van der Waals surface area contributed by atoms with Crippen LogP contribution in [0.4, 0.5) is 0 Å². The highest BCUT2D eigenvalue weighted by molar-refractivity contribution is 6.32. The number of hydrogen-bond donors (Lipinski definition) is 4. The third-order valence-electron chi connectivity index (χ3n) is 7.71. The summed E-state index contributed by atoms with van der Waals surface area (Å²) in [4.78, 5) is 60.1. The van der Waals surface area contributed by atoms with Crippen molar-refractivity contribution >= 4 is 52.4 Å². The lowest BCUT2D eigenvalue weighted by atomic mass is 10.0. The molecule has 2 fully saturated rings. The van der Waals surface area contributed by atoms with E-state index in [1.807, 2.05) is 19.0 Å². The van der Waals surface area contributed by atoms with Crippen molar-refractivity contribution in [2.24, 2.45) is 11.8 Å². The molecule has 0 saturated heterocycles. The van der Waals surface area contributed by atoms with E-state index in [4.69, 9.17) is 42.4 Å². The molecule has 16 heteroatoms. The predicted molar refractivity (Wildman–Crippen MR) is 194 cm³/mol. The van der Waals surface area contributed by atoms with E-state index < -0.39 is 0 Å². The van der Waals surface area contributed by atoms with Crippen LogP contribution in [-0.4, -0.2) is 79.2 Å². The van der Waals surface area contributed by atoms with Crippen LogP contribution in [0.1, 0.15) is 95.0 Å². The number of carbonyl (C=O) groups is 5. The van der Waals surface area contributed by atoms with E-state index in [1.54, 1.807) is 50.6 Å². The number of methoxy groups -OCH3 is 2. The minimum atomic E-state index is -0.213. The molecule has 0 atom stereocenters. The van der Waals surface area contributed by atoms with Crippen molar-refractivity contribution < 1.29 is 43.2 Å². The summed E-state index contributed by atoms with van der Waals surface area (Å²) in [5.41, 5.74) is 2.85. The van der Waals surface area contributed by atoms with Gasteiger partial charge in [-0.15, -0.1) is 0 Å². The molecule has 1 aromatic heterocycles. The van der Waals surface area contributed by atoms with Gasteiger partial charge in [0, 0.05) is 74.2 Å².